The molecule has 7 nitrogen and oxygen atoms in total. The lowest BCUT2D eigenvalue weighted by molar-refractivity contribution is -0.274. The van der Waals surface area contributed by atoms with Gasteiger partial charge in [0.25, 0.3) is 0 Å². The molecule has 1 aromatic heterocycles. The van der Waals surface area contributed by atoms with Crippen molar-refractivity contribution in [3.63, 3.8) is 0 Å². The molecule has 4 aromatic rings. The number of ether oxygens (including phenoxy) is 1. The Hall–Kier alpha value is -4.21. The minimum Gasteiger partial charge on any atom is -0.406 e. The molecule has 34 heavy (non-hydrogen) atoms. The average molecular weight is 468 g/mol. The second-order valence-electron chi connectivity index (χ2n) is 7.87. The fourth-order valence-electron chi connectivity index (χ4n) is 4.37. The van der Waals surface area contributed by atoms with E-state index in [4.69, 9.17) is 10.3 Å². The van der Waals surface area contributed by atoms with E-state index < -0.39 is 18.1 Å². The van der Waals surface area contributed by atoms with Crippen molar-refractivity contribution in [1.29, 1.82) is 0 Å². The summed E-state index contributed by atoms with van der Waals surface area (Å²) in [4.78, 5) is 12.6. The van der Waals surface area contributed by atoms with E-state index in [1.54, 1.807) is 6.07 Å². The highest BCUT2D eigenvalue weighted by molar-refractivity contribution is 6.03. The number of amides is 2. The topological polar surface area (TPSA) is 102 Å². The van der Waals surface area contributed by atoms with Crippen molar-refractivity contribution in [2.75, 3.05) is 16.4 Å². The highest BCUT2D eigenvalue weighted by Crippen LogP contribution is 2.40. The number of benzene rings is 3. The van der Waals surface area contributed by atoms with Gasteiger partial charge in [-0.15, -0.1) is 13.2 Å². The van der Waals surface area contributed by atoms with Crippen molar-refractivity contribution in [3.8, 4) is 16.9 Å². The first-order valence-electron chi connectivity index (χ1n) is 10.5. The van der Waals surface area contributed by atoms with Gasteiger partial charge in [-0.2, -0.15) is 0 Å². The molecule has 5 rings (SSSR count). The fourth-order valence-corrected chi connectivity index (χ4v) is 4.37. The first-order chi connectivity index (χ1) is 16.3. The molecule has 0 spiro atoms. The van der Waals surface area contributed by atoms with E-state index in [0.29, 0.717) is 17.1 Å². The second-order valence-corrected chi connectivity index (χ2v) is 7.87. The predicted molar refractivity (Wildman–Crippen MR) is 122 cm³/mol. The number of hydrogen-bond donors (Lipinski definition) is 3. The van der Waals surface area contributed by atoms with Crippen molar-refractivity contribution >= 4 is 34.2 Å². The third-order valence-electron chi connectivity index (χ3n) is 5.67. The van der Waals surface area contributed by atoms with Crippen LogP contribution in [-0.4, -0.2) is 17.6 Å². The molecule has 174 valence electrons. The smallest absolute Gasteiger partial charge is 0.406 e. The Bertz CT molecular complexity index is 1400. The van der Waals surface area contributed by atoms with Gasteiger partial charge in [-0.1, -0.05) is 29.4 Å². The molecule has 0 unspecified atom stereocenters. The van der Waals surface area contributed by atoms with Gasteiger partial charge in [-0.3, -0.25) is 0 Å². The lowest BCUT2D eigenvalue weighted by Gasteiger charge is -2.16. The molecule has 0 bridgehead atoms. The number of hydrogen-bond acceptors (Lipinski definition) is 5. The van der Waals surface area contributed by atoms with Gasteiger partial charge in [0.2, 0.25) is 0 Å². The number of nitrogens with zero attached hydrogens (tertiary/aromatic N) is 1. The number of urea groups is 1. The normalized spacial score (nSPS) is 13.0. The Morgan fingerprint density at radius 1 is 1.00 bits per heavy atom. The third kappa shape index (κ3) is 4.21. The van der Waals surface area contributed by atoms with Crippen LogP contribution in [0.2, 0.25) is 0 Å². The van der Waals surface area contributed by atoms with Crippen molar-refractivity contribution in [2.45, 2.75) is 25.6 Å². The number of fused-ring (bicyclic) bond motifs is 2. The minimum atomic E-state index is -4.81. The Morgan fingerprint density at radius 2 is 1.79 bits per heavy atom. The van der Waals surface area contributed by atoms with Crippen LogP contribution < -0.4 is 21.1 Å². The number of nitrogens with two attached hydrogens (primary N) is 1. The summed E-state index contributed by atoms with van der Waals surface area (Å²) in [6.45, 7) is 0. The molecule has 10 heteroatoms. The molecule has 2 amide bonds. The maximum Gasteiger partial charge on any atom is 0.573 e. The molecule has 1 aliphatic rings. The van der Waals surface area contributed by atoms with Crippen LogP contribution in [0.15, 0.2) is 59.1 Å². The highest BCUT2D eigenvalue weighted by Gasteiger charge is 2.31. The molecule has 0 radical (unpaired) electrons. The van der Waals surface area contributed by atoms with Gasteiger partial charge in [0.05, 0.1) is 5.39 Å². The standard InChI is InChI=1S/C24H19F3N4O3/c25-24(26,27)33-14-5-1-4-13(12-14)29-23(32)30-19-11-10-16(15-6-2-7-17(15)19)18-8-3-9-20-21(18)22(28)31-34-20/h1,3-5,8-12H,2,6-7H2,(H2,28,31)(H2,29,30,32). The van der Waals surface area contributed by atoms with E-state index in [1.807, 2.05) is 24.3 Å². The maximum absolute atomic E-state index is 12.6. The molecule has 0 atom stereocenters. The number of carbonyl (C=O) groups excluding carboxylic acids is 1. The summed E-state index contributed by atoms with van der Waals surface area (Å²) in [6, 6.07) is 13.9. The summed E-state index contributed by atoms with van der Waals surface area (Å²) >= 11 is 0. The Morgan fingerprint density at radius 3 is 2.62 bits per heavy atom. The number of nitrogen functional groups attached to an aromatic ring is 1. The summed E-state index contributed by atoms with van der Waals surface area (Å²) in [5, 5.41) is 9.97. The van der Waals surface area contributed by atoms with Gasteiger partial charge < -0.3 is 25.6 Å². The SMILES string of the molecule is Nc1noc2cccc(-c3ccc(NC(=O)Nc4cccc(OC(F)(F)F)c4)c4c3CCC4)c12. The predicted octanol–water partition coefficient (Wildman–Crippen LogP) is 6.11. The third-order valence-corrected chi connectivity index (χ3v) is 5.67. The summed E-state index contributed by atoms with van der Waals surface area (Å²) in [7, 11) is 0. The van der Waals surface area contributed by atoms with E-state index in [1.165, 1.54) is 12.1 Å². The number of rotatable bonds is 4. The van der Waals surface area contributed by atoms with Gasteiger partial charge in [-0.05, 0) is 65.8 Å². The van der Waals surface area contributed by atoms with Gasteiger partial charge >= 0.3 is 12.4 Å². The maximum atomic E-state index is 12.6. The molecular formula is C24H19F3N4O3. The number of carbonyl (C=O) groups is 1. The second kappa shape index (κ2) is 8.29. The quantitative estimate of drug-likeness (QED) is 0.335. The molecule has 0 saturated heterocycles. The number of anilines is 3. The van der Waals surface area contributed by atoms with E-state index in [9.17, 15) is 18.0 Å². The molecule has 1 aliphatic carbocycles. The summed E-state index contributed by atoms with van der Waals surface area (Å²) < 4.78 is 46.6. The van der Waals surface area contributed by atoms with Crippen LogP contribution in [0, 0.1) is 0 Å². The van der Waals surface area contributed by atoms with Crippen LogP contribution in [0.25, 0.3) is 22.1 Å². The number of aromatic nitrogens is 1. The van der Waals surface area contributed by atoms with Crippen molar-refractivity contribution in [2.24, 2.45) is 0 Å². The fraction of sp³-hybridized carbons (Fsp3) is 0.167. The number of nitrogens with one attached hydrogen (secondary N) is 2. The zero-order valence-electron chi connectivity index (χ0n) is 17.7. The van der Waals surface area contributed by atoms with E-state index in [-0.39, 0.29) is 5.69 Å². The Kier molecular flexibility index (Phi) is 5.27. The van der Waals surface area contributed by atoms with Crippen molar-refractivity contribution in [3.05, 3.63) is 65.7 Å². The van der Waals surface area contributed by atoms with Crippen LogP contribution in [0.3, 0.4) is 0 Å². The van der Waals surface area contributed by atoms with E-state index in [2.05, 4.69) is 20.5 Å². The van der Waals surface area contributed by atoms with Crippen LogP contribution in [0.5, 0.6) is 5.75 Å². The molecule has 1 heterocycles. The lowest BCUT2D eigenvalue weighted by atomic mass is 9.93. The summed E-state index contributed by atoms with van der Waals surface area (Å²) in [6.07, 6.45) is -2.28. The largest absolute Gasteiger partial charge is 0.573 e. The van der Waals surface area contributed by atoms with Crippen LogP contribution >= 0.6 is 0 Å². The molecule has 4 N–H and O–H groups in total. The monoisotopic (exact) mass is 468 g/mol. The van der Waals surface area contributed by atoms with Gasteiger partial charge in [0.15, 0.2) is 11.4 Å². The van der Waals surface area contributed by atoms with Crippen LogP contribution in [-0.2, 0) is 12.8 Å². The van der Waals surface area contributed by atoms with Gasteiger partial charge in [0.1, 0.15) is 5.75 Å². The van der Waals surface area contributed by atoms with Crippen LogP contribution in [0.1, 0.15) is 17.5 Å². The molecule has 0 fully saturated rings. The van der Waals surface area contributed by atoms with Crippen molar-refractivity contribution in [1.82, 2.24) is 5.16 Å². The minimum absolute atomic E-state index is 0.169. The van der Waals surface area contributed by atoms with Gasteiger partial charge in [-0.25, -0.2) is 4.79 Å². The van der Waals surface area contributed by atoms with E-state index in [0.717, 1.165) is 59.0 Å². The molecule has 0 saturated carbocycles. The Labute approximate surface area is 191 Å². The van der Waals surface area contributed by atoms with Crippen molar-refractivity contribution < 1.29 is 27.2 Å². The zero-order valence-corrected chi connectivity index (χ0v) is 17.7. The molecule has 0 aliphatic heterocycles. The zero-order chi connectivity index (χ0) is 23.9. The Balaban J connectivity index is 1.40. The number of halogens is 3. The first kappa shape index (κ1) is 21.6. The van der Waals surface area contributed by atoms with Crippen LogP contribution in [0.4, 0.5) is 35.2 Å². The first-order valence-corrected chi connectivity index (χ1v) is 10.5. The van der Waals surface area contributed by atoms with Gasteiger partial charge in [0, 0.05) is 17.4 Å². The summed E-state index contributed by atoms with van der Waals surface area (Å²) in [5.41, 5.74) is 11.5. The highest BCUT2D eigenvalue weighted by atomic mass is 19.4. The van der Waals surface area contributed by atoms with E-state index >= 15 is 0 Å². The lowest BCUT2D eigenvalue weighted by Crippen LogP contribution is -2.21. The average Bonchev–Trinajstić information content (AvgIpc) is 3.41. The molecule has 3 aromatic carbocycles. The molecular weight excluding hydrogens is 449 g/mol. The number of alkyl halides is 3. The summed E-state index contributed by atoms with van der Waals surface area (Å²) in [5.74, 6) is -0.103.